The van der Waals surface area contributed by atoms with Crippen molar-refractivity contribution >= 4 is 5.97 Å². The number of hydrogen-bond acceptors (Lipinski definition) is 3. The molecule has 1 aliphatic rings. The normalized spacial score (nSPS) is 19.2. The van der Waals surface area contributed by atoms with E-state index in [4.69, 9.17) is 9.84 Å². The first-order valence-corrected chi connectivity index (χ1v) is 11.6. The lowest BCUT2D eigenvalue weighted by Crippen LogP contribution is -2.30. The first kappa shape index (κ1) is 23.3. The second kappa shape index (κ2) is 10.8. The van der Waals surface area contributed by atoms with Crippen LogP contribution in [-0.4, -0.2) is 23.7 Å². The molecular weight excluding hydrogens is 386 g/mol. The van der Waals surface area contributed by atoms with Gasteiger partial charge in [-0.05, 0) is 84.9 Å². The van der Waals surface area contributed by atoms with Crippen molar-refractivity contribution in [2.45, 2.75) is 71.9 Å². The van der Waals surface area contributed by atoms with Crippen molar-refractivity contribution in [3.05, 3.63) is 54.1 Å². The van der Waals surface area contributed by atoms with Gasteiger partial charge in [-0.3, -0.25) is 4.79 Å². The van der Waals surface area contributed by atoms with Crippen LogP contribution in [-0.2, 0) is 11.3 Å². The number of carboxylic acids is 1. The van der Waals surface area contributed by atoms with Gasteiger partial charge in [-0.25, -0.2) is 0 Å². The summed E-state index contributed by atoms with van der Waals surface area (Å²) in [6.07, 6.45) is 5.98. The predicted molar refractivity (Wildman–Crippen MR) is 126 cm³/mol. The predicted octanol–water partition coefficient (Wildman–Crippen LogP) is 6.29. The second-order valence-corrected chi connectivity index (χ2v) is 9.86. The molecule has 0 bridgehead atoms. The van der Waals surface area contributed by atoms with Gasteiger partial charge in [0.2, 0.25) is 0 Å². The van der Waals surface area contributed by atoms with E-state index < -0.39 is 5.97 Å². The maximum atomic E-state index is 10.6. The SMILES string of the molecule is CC(C)(C)[C@H]1CC[C@H](Oc2ccc(-c3cccc(CNCCCC(=O)O)c3)cc2)CC1. The quantitative estimate of drug-likeness (QED) is 0.465. The zero-order valence-electron chi connectivity index (χ0n) is 19.2. The molecule has 4 heteroatoms. The summed E-state index contributed by atoms with van der Waals surface area (Å²) >= 11 is 0. The summed E-state index contributed by atoms with van der Waals surface area (Å²) in [6.45, 7) is 8.50. The van der Waals surface area contributed by atoms with E-state index in [0.717, 1.165) is 31.1 Å². The van der Waals surface area contributed by atoms with Crippen molar-refractivity contribution in [3.8, 4) is 16.9 Å². The molecule has 0 saturated heterocycles. The maximum absolute atomic E-state index is 10.6. The Balaban J connectivity index is 1.50. The average molecular weight is 424 g/mol. The van der Waals surface area contributed by atoms with E-state index in [1.54, 1.807) is 0 Å². The number of rotatable bonds is 9. The number of aliphatic carboxylic acids is 1. The maximum Gasteiger partial charge on any atom is 0.303 e. The molecule has 168 valence electrons. The third kappa shape index (κ3) is 7.39. The molecule has 2 aromatic carbocycles. The number of hydrogen-bond donors (Lipinski definition) is 2. The summed E-state index contributed by atoms with van der Waals surface area (Å²) < 4.78 is 6.27. The van der Waals surface area contributed by atoms with Gasteiger partial charge in [0, 0.05) is 13.0 Å². The van der Waals surface area contributed by atoms with Gasteiger partial charge >= 0.3 is 5.97 Å². The van der Waals surface area contributed by atoms with E-state index in [1.807, 2.05) is 0 Å². The monoisotopic (exact) mass is 423 g/mol. The van der Waals surface area contributed by atoms with Gasteiger partial charge in [0.25, 0.3) is 0 Å². The fourth-order valence-corrected chi connectivity index (χ4v) is 4.42. The Labute approximate surface area is 187 Å². The van der Waals surface area contributed by atoms with E-state index in [-0.39, 0.29) is 6.42 Å². The van der Waals surface area contributed by atoms with Crippen molar-refractivity contribution < 1.29 is 14.6 Å². The van der Waals surface area contributed by atoms with Crippen LogP contribution in [0.25, 0.3) is 11.1 Å². The van der Waals surface area contributed by atoms with E-state index >= 15 is 0 Å². The number of ether oxygens (including phenoxy) is 1. The molecule has 0 amide bonds. The van der Waals surface area contributed by atoms with E-state index in [2.05, 4.69) is 74.6 Å². The molecule has 0 spiro atoms. The summed E-state index contributed by atoms with van der Waals surface area (Å²) in [4.78, 5) is 10.6. The van der Waals surface area contributed by atoms with Crippen LogP contribution >= 0.6 is 0 Å². The molecular formula is C27H37NO3. The lowest BCUT2D eigenvalue weighted by atomic mass is 9.72. The second-order valence-electron chi connectivity index (χ2n) is 9.86. The highest BCUT2D eigenvalue weighted by atomic mass is 16.5. The largest absolute Gasteiger partial charge is 0.490 e. The molecule has 0 radical (unpaired) electrons. The van der Waals surface area contributed by atoms with Crippen molar-refractivity contribution in [3.63, 3.8) is 0 Å². The molecule has 31 heavy (non-hydrogen) atoms. The Morgan fingerprint density at radius 2 is 1.74 bits per heavy atom. The Morgan fingerprint density at radius 1 is 1.03 bits per heavy atom. The molecule has 0 unspecified atom stereocenters. The average Bonchev–Trinajstić information content (AvgIpc) is 2.74. The van der Waals surface area contributed by atoms with Gasteiger partial charge in [-0.1, -0.05) is 51.1 Å². The zero-order valence-corrected chi connectivity index (χ0v) is 19.2. The van der Waals surface area contributed by atoms with Crippen LogP contribution in [0.5, 0.6) is 5.75 Å². The number of benzene rings is 2. The highest BCUT2D eigenvalue weighted by Gasteiger charge is 2.30. The molecule has 4 nitrogen and oxygen atoms in total. The number of carbonyl (C=O) groups is 1. The van der Waals surface area contributed by atoms with Crippen molar-refractivity contribution in [2.24, 2.45) is 11.3 Å². The Bertz CT molecular complexity index is 830. The molecule has 0 atom stereocenters. The van der Waals surface area contributed by atoms with Crippen molar-refractivity contribution in [2.75, 3.05) is 6.54 Å². The van der Waals surface area contributed by atoms with E-state index in [1.165, 1.54) is 29.5 Å². The zero-order chi connectivity index (χ0) is 22.3. The molecule has 3 rings (SSSR count). The minimum atomic E-state index is -0.742. The van der Waals surface area contributed by atoms with Gasteiger partial charge in [-0.2, -0.15) is 0 Å². The van der Waals surface area contributed by atoms with Gasteiger partial charge in [0.15, 0.2) is 0 Å². The van der Waals surface area contributed by atoms with Crippen LogP contribution in [0, 0.1) is 11.3 Å². The third-order valence-electron chi connectivity index (χ3n) is 6.39. The van der Waals surface area contributed by atoms with Crippen molar-refractivity contribution in [1.82, 2.24) is 5.32 Å². The Hall–Kier alpha value is -2.33. The first-order chi connectivity index (χ1) is 14.8. The van der Waals surface area contributed by atoms with Crippen molar-refractivity contribution in [1.29, 1.82) is 0 Å². The molecule has 2 N–H and O–H groups in total. The molecule has 1 fully saturated rings. The first-order valence-electron chi connectivity index (χ1n) is 11.6. The lowest BCUT2D eigenvalue weighted by Gasteiger charge is -2.36. The summed E-state index contributed by atoms with van der Waals surface area (Å²) in [7, 11) is 0. The highest BCUT2D eigenvalue weighted by molar-refractivity contribution is 5.66. The van der Waals surface area contributed by atoms with Crippen LogP contribution in [0.1, 0.15) is 64.9 Å². The molecule has 0 aliphatic heterocycles. The highest BCUT2D eigenvalue weighted by Crippen LogP contribution is 2.38. The number of carboxylic acid groups (broad SMARTS) is 1. The van der Waals surface area contributed by atoms with Crippen LogP contribution in [0.3, 0.4) is 0 Å². The minimum absolute atomic E-state index is 0.208. The van der Waals surface area contributed by atoms with Crippen LogP contribution in [0.4, 0.5) is 0 Å². The summed E-state index contributed by atoms with van der Waals surface area (Å²) in [5.41, 5.74) is 3.96. The molecule has 1 aliphatic carbocycles. The van der Waals surface area contributed by atoms with Crippen LogP contribution in [0.2, 0.25) is 0 Å². The van der Waals surface area contributed by atoms with Gasteiger partial charge in [-0.15, -0.1) is 0 Å². The smallest absolute Gasteiger partial charge is 0.303 e. The molecule has 0 aromatic heterocycles. The Kier molecular flexibility index (Phi) is 8.14. The van der Waals surface area contributed by atoms with E-state index in [9.17, 15) is 4.79 Å². The summed E-state index contributed by atoms with van der Waals surface area (Å²) in [6, 6.07) is 16.9. The fraction of sp³-hybridized carbons (Fsp3) is 0.519. The molecule has 1 saturated carbocycles. The van der Waals surface area contributed by atoms with E-state index in [0.29, 0.717) is 24.5 Å². The topological polar surface area (TPSA) is 58.6 Å². The van der Waals surface area contributed by atoms with Gasteiger partial charge in [0.05, 0.1) is 6.10 Å². The lowest BCUT2D eigenvalue weighted by molar-refractivity contribution is -0.137. The summed E-state index contributed by atoms with van der Waals surface area (Å²) in [5.74, 6) is 1.02. The fourth-order valence-electron chi connectivity index (χ4n) is 4.42. The van der Waals surface area contributed by atoms with Crippen LogP contribution < -0.4 is 10.1 Å². The van der Waals surface area contributed by atoms with Gasteiger partial charge in [0.1, 0.15) is 5.75 Å². The standard InChI is InChI=1S/C27H37NO3/c1-27(2,3)23-11-15-25(16-12-23)31-24-13-9-21(10-14-24)22-7-4-6-20(18-22)19-28-17-5-8-26(29)30/h4,6-7,9-10,13-14,18,23,25,28H,5,8,11-12,15-17,19H2,1-3H3,(H,29,30)/t23-,25-. The minimum Gasteiger partial charge on any atom is -0.490 e. The molecule has 2 aromatic rings. The van der Waals surface area contributed by atoms with Gasteiger partial charge < -0.3 is 15.2 Å². The molecule has 0 heterocycles. The third-order valence-corrected chi connectivity index (χ3v) is 6.39. The van der Waals surface area contributed by atoms with Crippen LogP contribution in [0.15, 0.2) is 48.5 Å². The Morgan fingerprint density at radius 3 is 2.39 bits per heavy atom. The number of nitrogens with one attached hydrogen (secondary N) is 1. The summed E-state index contributed by atoms with van der Waals surface area (Å²) in [5, 5.41) is 12.0.